The number of ether oxygens (including phenoxy) is 4. The van der Waals surface area contributed by atoms with Gasteiger partial charge in [-0.15, -0.1) is 0 Å². The van der Waals surface area contributed by atoms with Gasteiger partial charge < -0.3 is 24.1 Å². The van der Waals surface area contributed by atoms with Gasteiger partial charge in [0, 0.05) is 20.0 Å². The summed E-state index contributed by atoms with van der Waals surface area (Å²) >= 11 is 0. The van der Waals surface area contributed by atoms with Gasteiger partial charge in [-0.2, -0.15) is 0 Å². The fourth-order valence-electron chi connectivity index (χ4n) is 3.57. The maximum Gasteiger partial charge on any atom is 0.336 e. The van der Waals surface area contributed by atoms with Gasteiger partial charge in [0.25, 0.3) is 0 Å². The summed E-state index contributed by atoms with van der Waals surface area (Å²) in [5.41, 5.74) is 0.296. The Labute approximate surface area is 124 Å². The highest BCUT2D eigenvalue weighted by atomic mass is 16.8. The Balaban J connectivity index is 1.87. The van der Waals surface area contributed by atoms with Crippen molar-refractivity contribution in [3.8, 4) is 0 Å². The van der Waals surface area contributed by atoms with Gasteiger partial charge in [0.15, 0.2) is 5.79 Å². The van der Waals surface area contributed by atoms with Crippen molar-refractivity contribution in [2.75, 3.05) is 14.2 Å². The zero-order valence-corrected chi connectivity index (χ0v) is 12.4. The zero-order valence-electron chi connectivity index (χ0n) is 12.4. The molecule has 0 unspecified atom stereocenters. The average Bonchev–Trinajstić information content (AvgIpc) is 2.85. The van der Waals surface area contributed by atoms with Crippen LogP contribution in [-0.4, -0.2) is 55.5 Å². The summed E-state index contributed by atoms with van der Waals surface area (Å²) in [7, 11) is 2.76. The van der Waals surface area contributed by atoms with Crippen LogP contribution in [0.4, 0.5) is 0 Å². The zero-order chi connectivity index (χ0) is 15.0. The van der Waals surface area contributed by atoms with Crippen LogP contribution in [0.15, 0.2) is 11.6 Å². The Morgan fingerprint density at radius 3 is 2.62 bits per heavy atom. The molecule has 4 atom stereocenters. The molecule has 21 heavy (non-hydrogen) atoms. The molecule has 3 aliphatic rings. The first kappa shape index (κ1) is 15.0. The van der Waals surface area contributed by atoms with E-state index < -0.39 is 36.2 Å². The molecule has 1 aliphatic heterocycles. The van der Waals surface area contributed by atoms with Gasteiger partial charge in [0.1, 0.15) is 24.4 Å². The second kappa shape index (κ2) is 5.68. The van der Waals surface area contributed by atoms with Gasteiger partial charge in [0.05, 0.1) is 12.7 Å². The molecule has 2 aliphatic carbocycles. The molecule has 0 aromatic heterocycles. The van der Waals surface area contributed by atoms with E-state index in [4.69, 9.17) is 18.9 Å². The molecule has 2 fully saturated rings. The number of hydrogen-bond donors (Lipinski definition) is 1. The monoisotopic (exact) mass is 298 g/mol. The first-order valence-electron chi connectivity index (χ1n) is 7.47. The molecule has 1 spiro atoms. The Morgan fingerprint density at radius 1 is 1.29 bits per heavy atom. The fourth-order valence-corrected chi connectivity index (χ4v) is 3.57. The standard InChI is InChI=1S/C15H22O6/c1-18-12-9(14(17)19-2)8-10-13(11(12)16)21-15(20-10)6-4-3-5-7-15/h8,10-13,16H,3-7H2,1-2H3/t10-,11+,12-,13-/m0/s1. The summed E-state index contributed by atoms with van der Waals surface area (Å²) in [6.45, 7) is 0. The Morgan fingerprint density at radius 2 is 2.00 bits per heavy atom. The van der Waals surface area contributed by atoms with Crippen molar-refractivity contribution in [1.82, 2.24) is 0 Å². The van der Waals surface area contributed by atoms with Gasteiger partial charge in [-0.25, -0.2) is 4.79 Å². The number of carbonyl (C=O) groups excluding carboxylic acids is 1. The highest BCUT2D eigenvalue weighted by Crippen LogP contribution is 2.44. The first-order valence-corrected chi connectivity index (χ1v) is 7.47. The van der Waals surface area contributed by atoms with E-state index in [2.05, 4.69) is 0 Å². The van der Waals surface area contributed by atoms with Gasteiger partial charge in [-0.05, 0) is 18.9 Å². The SMILES string of the molecule is COC(=O)C1=C[C@@H]2OC3(CCCCC3)O[C@@H]2[C@H](O)[C@H]1OC. The van der Waals surface area contributed by atoms with E-state index >= 15 is 0 Å². The number of methoxy groups -OCH3 is 2. The van der Waals surface area contributed by atoms with Gasteiger partial charge in [-0.1, -0.05) is 6.42 Å². The van der Waals surface area contributed by atoms with Crippen molar-refractivity contribution in [3.63, 3.8) is 0 Å². The molecule has 0 amide bonds. The number of aliphatic hydroxyl groups is 1. The topological polar surface area (TPSA) is 74.2 Å². The summed E-state index contributed by atoms with van der Waals surface area (Å²) in [6.07, 6.45) is 3.99. The molecule has 1 N–H and O–H groups in total. The fraction of sp³-hybridized carbons (Fsp3) is 0.800. The molecular formula is C15H22O6. The van der Waals surface area contributed by atoms with Crippen LogP contribution in [0.1, 0.15) is 32.1 Å². The molecular weight excluding hydrogens is 276 g/mol. The summed E-state index contributed by atoms with van der Waals surface area (Å²) in [4.78, 5) is 11.9. The molecule has 0 bridgehead atoms. The van der Waals surface area contributed by atoms with E-state index in [1.54, 1.807) is 6.08 Å². The van der Waals surface area contributed by atoms with E-state index in [1.807, 2.05) is 0 Å². The van der Waals surface area contributed by atoms with Gasteiger partial charge in [0.2, 0.25) is 0 Å². The first-order chi connectivity index (χ1) is 10.1. The van der Waals surface area contributed by atoms with Crippen molar-refractivity contribution < 1.29 is 28.8 Å². The highest BCUT2D eigenvalue weighted by Gasteiger charge is 2.54. The Hall–Kier alpha value is -0.950. The lowest BCUT2D eigenvalue weighted by Gasteiger charge is -2.33. The molecule has 1 saturated carbocycles. The van der Waals surface area contributed by atoms with Crippen molar-refractivity contribution in [3.05, 3.63) is 11.6 Å². The Bertz CT molecular complexity index is 439. The van der Waals surface area contributed by atoms with Crippen LogP contribution in [0.2, 0.25) is 0 Å². The normalized spacial score (nSPS) is 38.0. The largest absolute Gasteiger partial charge is 0.466 e. The number of aliphatic hydroxyl groups excluding tert-OH is 1. The minimum Gasteiger partial charge on any atom is -0.466 e. The molecule has 0 aromatic carbocycles. The van der Waals surface area contributed by atoms with Crippen molar-refractivity contribution in [2.45, 2.75) is 62.3 Å². The van der Waals surface area contributed by atoms with E-state index in [1.165, 1.54) is 20.6 Å². The van der Waals surface area contributed by atoms with E-state index in [0.29, 0.717) is 5.57 Å². The average molecular weight is 298 g/mol. The number of carbonyl (C=O) groups is 1. The second-order valence-electron chi connectivity index (χ2n) is 5.90. The molecule has 6 heteroatoms. The number of hydrogen-bond acceptors (Lipinski definition) is 6. The third kappa shape index (κ3) is 2.50. The summed E-state index contributed by atoms with van der Waals surface area (Å²) in [5, 5.41) is 10.5. The van der Waals surface area contributed by atoms with Crippen LogP contribution in [0.5, 0.6) is 0 Å². The second-order valence-corrected chi connectivity index (χ2v) is 5.90. The summed E-state index contributed by atoms with van der Waals surface area (Å²) < 4.78 is 22.1. The Kier molecular flexibility index (Phi) is 4.05. The van der Waals surface area contributed by atoms with Crippen molar-refractivity contribution in [1.29, 1.82) is 0 Å². The predicted octanol–water partition coefficient (Wildman–Crippen LogP) is 0.920. The molecule has 0 aromatic rings. The summed E-state index contributed by atoms with van der Waals surface area (Å²) in [6, 6.07) is 0. The van der Waals surface area contributed by atoms with Crippen molar-refractivity contribution >= 4 is 5.97 Å². The van der Waals surface area contributed by atoms with E-state index in [-0.39, 0.29) is 0 Å². The predicted molar refractivity (Wildman–Crippen MR) is 72.5 cm³/mol. The molecule has 6 nitrogen and oxygen atoms in total. The van der Waals surface area contributed by atoms with E-state index in [0.717, 1.165) is 25.7 Å². The van der Waals surface area contributed by atoms with Crippen LogP contribution in [-0.2, 0) is 23.7 Å². The van der Waals surface area contributed by atoms with Gasteiger partial charge >= 0.3 is 5.97 Å². The lowest BCUT2D eigenvalue weighted by atomic mass is 9.89. The molecule has 1 heterocycles. The van der Waals surface area contributed by atoms with Crippen LogP contribution in [0.25, 0.3) is 0 Å². The molecule has 1 saturated heterocycles. The minimum absolute atomic E-state index is 0.296. The van der Waals surface area contributed by atoms with Crippen LogP contribution in [0.3, 0.4) is 0 Å². The number of rotatable bonds is 2. The highest BCUT2D eigenvalue weighted by molar-refractivity contribution is 5.90. The van der Waals surface area contributed by atoms with Gasteiger partial charge in [-0.3, -0.25) is 0 Å². The molecule has 0 radical (unpaired) electrons. The summed E-state index contributed by atoms with van der Waals surface area (Å²) in [5.74, 6) is -1.12. The van der Waals surface area contributed by atoms with Crippen LogP contribution < -0.4 is 0 Å². The number of esters is 1. The minimum atomic E-state index is -0.944. The van der Waals surface area contributed by atoms with Crippen molar-refractivity contribution in [2.24, 2.45) is 0 Å². The third-order valence-electron chi connectivity index (χ3n) is 4.61. The van der Waals surface area contributed by atoms with Crippen LogP contribution in [0, 0.1) is 0 Å². The maximum absolute atomic E-state index is 11.9. The maximum atomic E-state index is 11.9. The smallest absolute Gasteiger partial charge is 0.336 e. The van der Waals surface area contributed by atoms with Crippen LogP contribution >= 0.6 is 0 Å². The van der Waals surface area contributed by atoms with E-state index in [9.17, 15) is 9.90 Å². The molecule has 118 valence electrons. The molecule has 3 rings (SSSR count). The third-order valence-corrected chi connectivity index (χ3v) is 4.61. The number of fused-ring (bicyclic) bond motifs is 1. The quantitative estimate of drug-likeness (QED) is 0.764. The lowest BCUT2D eigenvalue weighted by molar-refractivity contribution is -0.201. The lowest BCUT2D eigenvalue weighted by Crippen LogP contribution is -2.49.